The first-order valence-corrected chi connectivity index (χ1v) is 8.67. The molecule has 144 valence electrons. The van der Waals surface area contributed by atoms with Crippen molar-refractivity contribution in [3.05, 3.63) is 59.7 Å². The van der Waals surface area contributed by atoms with Crippen LogP contribution in [0, 0.1) is 6.92 Å². The number of benzene rings is 2. The van der Waals surface area contributed by atoms with Crippen LogP contribution in [0.3, 0.4) is 0 Å². The molecule has 27 heavy (non-hydrogen) atoms. The summed E-state index contributed by atoms with van der Waals surface area (Å²) in [7, 11) is 0. The summed E-state index contributed by atoms with van der Waals surface area (Å²) in [6.07, 6.45) is 0. The van der Waals surface area contributed by atoms with E-state index in [0.29, 0.717) is 36.9 Å². The van der Waals surface area contributed by atoms with Gasteiger partial charge in [0.1, 0.15) is 18.1 Å². The van der Waals surface area contributed by atoms with Crippen molar-refractivity contribution in [2.24, 2.45) is 0 Å². The highest BCUT2D eigenvalue weighted by Crippen LogP contribution is 2.13. The van der Waals surface area contributed by atoms with Crippen LogP contribution in [-0.4, -0.2) is 38.2 Å². The molecular weight excluding hydrogens is 348 g/mol. The molecule has 0 heterocycles. The molecule has 0 radical (unpaired) electrons. The van der Waals surface area contributed by atoms with Crippen LogP contribution in [0.25, 0.3) is 0 Å². The summed E-state index contributed by atoms with van der Waals surface area (Å²) in [5.41, 5.74) is 6.09. The highest BCUT2D eigenvalue weighted by molar-refractivity contribution is 5.95. The molecule has 0 saturated carbocycles. The van der Waals surface area contributed by atoms with E-state index < -0.39 is 11.8 Å². The molecule has 2 aromatic rings. The van der Waals surface area contributed by atoms with Crippen LogP contribution >= 0.6 is 0 Å². The predicted octanol–water partition coefficient (Wildman–Crippen LogP) is 2.25. The lowest BCUT2D eigenvalue weighted by Gasteiger charge is -2.10. The Morgan fingerprint density at radius 3 is 2.41 bits per heavy atom. The van der Waals surface area contributed by atoms with Crippen molar-refractivity contribution in [3.8, 4) is 11.5 Å². The largest absolute Gasteiger partial charge is 0.491 e. The second-order valence-corrected chi connectivity index (χ2v) is 5.68. The Bertz CT molecular complexity index is 746. The van der Waals surface area contributed by atoms with Crippen molar-refractivity contribution in [3.63, 3.8) is 0 Å². The molecule has 2 rings (SSSR count). The van der Waals surface area contributed by atoms with Crippen molar-refractivity contribution in [2.45, 2.75) is 13.8 Å². The molecule has 0 fully saturated rings. The summed E-state index contributed by atoms with van der Waals surface area (Å²) in [5, 5.41) is 0. The fourth-order valence-corrected chi connectivity index (χ4v) is 2.15. The molecule has 0 saturated heterocycles. The van der Waals surface area contributed by atoms with Gasteiger partial charge in [-0.2, -0.15) is 0 Å². The summed E-state index contributed by atoms with van der Waals surface area (Å²) in [6.45, 7) is 5.25. The topological polar surface area (TPSA) is 85.9 Å². The number of hydrogen-bond acceptors (Lipinski definition) is 5. The van der Waals surface area contributed by atoms with Gasteiger partial charge in [-0.05, 0) is 55.8 Å². The predicted molar refractivity (Wildman–Crippen MR) is 101 cm³/mol. The van der Waals surface area contributed by atoms with E-state index in [0.717, 1.165) is 5.56 Å². The minimum absolute atomic E-state index is 0.198. The van der Waals surface area contributed by atoms with Crippen molar-refractivity contribution in [1.29, 1.82) is 0 Å². The number of rotatable bonds is 9. The van der Waals surface area contributed by atoms with Gasteiger partial charge in [0.15, 0.2) is 6.61 Å². The number of ether oxygens (including phenoxy) is 3. The van der Waals surface area contributed by atoms with Crippen LogP contribution in [-0.2, 0) is 9.53 Å². The van der Waals surface area contributed by atoms with Crippen LogP contribution in [0.5, 0.6) is 11.5 Å². The van der Waals surface area contributed by atoms with Crippen molar-refractivity contribution < 1.29 is 23.8 Å². The average molecular weight is 372 g/mol. The molecule has 0 bridgehead atoms. The summed E-state index contributed by atoms with van der Waals surface area (Å²) in [6, 6.07) is 14.0. The molecule has 0 aromatic heterocycles. The number of aryl methyl sites for hydroxylation is 1. The molecule has 7 heteroatoms. The monoisotopic (exact) mass is 372 g/mol. The molecule has 0 spiro atoms. The highest BCUT2D eigenvalue weighted by atomic mass is 16.5. The standard InChI is InChI=1S/C20H24N2O5/c1-3-25-11-12-26-17-9-7-16(8-10-17)20(24)22-21-19(23)14-27-18-6-4-5-15(2)13-18/h4-10,13H,3,11-12,14H2,1-2H3,(H,21,23)(H,22,24). The molecule has 0 aliphatic heterocycles. The SMILES string of the molecule is CCOCCOc1ccc(C(=O)NNC(=O)COc2cccc(C)c2)cc1. The maximum Gasteiger partial charge on any atom is 0.276 e. The second kappa shape index (κ2) is 10.8. The Morgan fingerprint density at radius 2 is 1.70 bits per heavy atom. The number of nitrogens with one attached hydrogen (secondary N) is 2. The number of hydrazine groups is 1. The number of carbonyl (C=O) groups excluding carboxylic acids is 2. The van der Waals surface area contributed by atoms with E-state index in [-0.39, 0.29) is 6.61 Å². The molecule has 7 nitrogen and oxygen atoms in total. The first kappa shape index (κ1) is 20.3. The van der Waals surface area contributed by atoms with Gasteiger partial charge in [-0.1, -0.05) is 12.1 Å². The number of amides is 2. The Morgan fingerprint density at radius 1 is 0.926 bits per heavy atom. The van der Waals surface area contributed by atoms with Gasteiger partial charge in [0.05, 0.1) is 6.61 Å². The maximum absolute atomic E-state index is 12.1. The third-order valence-corrected chi connectivity index (χ3v) is 3.49. The van der Waals surface area contributed by atoms with E-state index in [1.165, 1.54) is 0 Å². The van der Waals surface area contributed by atoms with Crippen LogP contribution in [0.4, 0.5) is 0 Å². The molecule has 0 unspecified atom stereocenters. The molecule has 0 aliphatic carbocycles. The van der Waals surface area contributed by atoms with E-state index in [4.69, 9.17) is 14.2 Å². The maximum atomic E-state index is 12.1. The Labute approximate surface area is 158 Å². The quantitative estimate of drug-likeness (QED) is 0.521. The molecule has 2 N–H and O–H groups in total. The van der Waals surface area contributed by atoms with Crippen molar-refractivity contribution in [2.75, 3.05) is 26.4 Å². The molecule has 2 aromatic carbocycles. The second-order valence-electron chi connectivity index (χ2n) is 5.68. The van der Waals surface area contributed by atoms with Crippen LogP contribution in [0.2, 0.25) is 0 Å². The third-order valence-electron chi connectivity index (χ3n) is 3.49. The van der Waals surface area contributed by atoms with Gasteiger partial charge in [-0.15, -0.1) is 0 Å². The third kappa shape index (κ3) is 7.37. The Hall–Kier alpha value is -3.06. The fraction of sp³-hybridized carbons (Fsp3) is 0.300. The van der Waals surface area contributed by atoms with Crippen LogP contribution in [0.1, 0.15) is 22.8 Å². The smallest absolute Gasteiger partial charge is 0.276 e. The summed E-state index contributed by atoms with van der Waals surface area (Å²) >= 11 is 0. The van der Waals surface area contributed by atoms with Gasteiger partial charge in [0.25, 0.3) is 11.8 Å². The first-order valence-electron chi connectivity index (χ1n) is 8.67. The van der Waals surface area contributed by atoms with Crippen molar-refractivity contribution in [1.82, 2.24) is 10.9 Å². The Kier molecular flexibility index (Phi) is 8.12. The van der Waals surface area contributed by atoms with E-state index in [9.17, 15) is 9.59 Å². The lowest BCUT2D eigenvalue weighted by atomic mass is 10.2. The van der Waals surface area contributed by atoms with Gasteiger partial charge in [0.2, 0.25) is 0 Å². The van der Waals surface area contributed by atoms with Gasteiger partial charge in [0, 0.05) is 12.2 Å². The zero-order valence-corrected chi connectivity index (χ0v) is 15.5. The van der Waals surface area contributed by atoms with E-state index in [1.807, 2.05) is 32.0 Å². The highest BCUT2D eigenvalue weighted by Gasteiger charge is 2.08. The van der Waals surface area contributed by atoms with Gasteiger partial charge in [-0.25, -0.2) is 0 Å². The normalized spacial score (nSPS) is 10.1. The molecular formula is C20H24N2O5. The minimum Gasteiger partial charge on any atom is -0.491 e. The van der Waals surface area contributed by atoms with E-state index in [1.54, 1.807) is 30.3 Å². The molecule has 0 aliphatic rings. The van der Waals surface area contributed by atoms with Crippen LogP contribution in [0.15, 0.2) is 48.5 Å². The first-order chi connectivity index (χ1) is 13.1. The zero-order valence-electron chi connectivity index (χ0n) is 15.5. The summed E-state index contributed by atoms with van der Waals surface area (Å²) in [4.78, 5) is 23.8. The van der Waals surface area contributed by atoms with Crippen LogP contribution < -0.4 is 20.3 Å². The fourth-order valence-electron chi connectivity index (χ4n) is 2.15. The van der Waals surface area contributed by atoms with Gasteiger partial charge in [-0.3, -0.25) is 20.4 Å². The van der Waals surface area contributed by atoms with E-state index in [2.05, 4.69) is 10.9 Å². The van der Waals surface area contributed by atoms with Crippen molar-refractivity contribution >= 4 is 11.8 Å². The lowest BCUT2D eigenvalue weighted by molar-refractivity contribution is -0.123. The summed E-state index contributed by atoms with van der Waals surface area (Å²) < 4.78 is 16.0. The lowest BCUT2D eigenvalue weighted by Crippen LogP contribution is -2.43. The van der Waals surface area contributed by atoms with Gasteiger partial charge >= 0.3 is 0 Å². The zero-order chi connectivity index (χ0) is 19.5. The number of hydrogen-bond donors (Lipinski definition) is 2. The Balaban J connectivity index is 1.72. The average Bonchev–Trinajstić information content (AvgIpc) is 2.68. The molecule has 0 atom stereocenters. The minimum atomic E-state index is -0.458. The van der Waals surface area contributed by atoms with Gasteiger partial charge < -0.3 is 14.2 Å². The molecule has 2 amide bonds. The van der Waals surface area contributed by atoms with E-state index >= 15 is 0 Å². The number of carbonyl (C=O) groups is 2. The summed E-state index contributed by atoms with van der Waals surface area (Å²) in [5.74, 6) is 0.346.